The summed E-state index contributed by atoms with van der Waals surface area (Å²) in [5.41, 5.74) is 2.97. The maximum Gasteiger partial charge on any atom is 2.00 e. The fraction of sp³-hybridized carbons (Fsp3) is 0.500. The van der Waals surface area contributed by atoms with Gasteiger partial charge in [0.15, 0.2) is 0 Å². The van der Waals surface area contributed by atoms with Gasteiger partial charge in [0, 0.05) is 9.52 Å². The molecule has 0 heterocycles. The van der Waals surface area contributed by atoms with Gasteiger partial charge in [-0.15, -0.1) is 0 Å². The SMILES string of the molecule is CCCCc1cc[cH-]c1.CCCCc1cc[cH-]c1.C[SiH]C.[Cl-].[Cl-].[Nb+2]. The second-order valence-corrected chi connectivity index (χ2v) is 6.53. The Balaban J connectivity index is -0.000000130. The zero-order valence-electron chi connectivity index (χ0n) is 15.6. The van der Waals surface area contributed by atoms with Crippen LogP contribution in [0.2, 0.25) is 13.1 Å². The standard InChI is InChI=1S/2C9H13.C2H7Si.2ClH.Nb/c2*1-2-3-6-9-7-4-5-8-9;1-3-2;;;/h2*4-5,7-8H,2-3,6H2,1H3;3H,1-2H3;2*1H;/q2*-1;;;;+2/p-2. The van der Waals surface area contributed by atoms with Crippen LogP contribution in [0.5, 0.6) is 0 Å². The molecule has 0 aliphatic carbocycles. The van der Waals surface area contributed by atoms with Gasteiger partial charge in [-0.1, -0.05) is 65.5 Å². The third kappa shape index (κ3) is 20.3. The van der Waals surface area contributed by atoms with Crippen molar-refractivity contribution in [1.82, 2.24) is 0 Å². The summed E-state index contributed by atoms with van der Waals surface area (Å²) in [5, 5.41) is 0. The molecule has 0 aliphatic heterocycles. The van der Waals surface area contributed by atoms with E-state index in [4.69, 9.17) is 0 Å². The molecule has 0 amide bonds. The van der Waals surface area contributed by atoms with Crippen LogP contribution < -0.4 is 24.8 Å². The Labute approximate surface area is 181 Å². The van der Waals surface area contributed by atoms with Crippen molar-refractivity contribution in [3.8, 4) is 0 Å². The van der Waals surface area contributed by atoms with Gasteiger partial charge in [-0.2, -0.15) is 47.5 Å². The maximum atomic E-state index is 2.23. The summed E-state index contributed by atoms with van der Waals surface area (Å²) < 4.78 is 0. The van der Waals surface area contributed by atoms with Crippen molar-refractivity contribution in [2.45, 2.75) is 65.5 Å². The van der Waals surface area contributed by atoms with E-state index in [1.165, 1.54) is 49.7 Å². The molecule has 0 unspecified atom stereocenters. The molecule has 138 valence electrons. The second kappa shape index (κ2) is 25.5. The zero-order valence-corrected chi connectivity index (χ0v) is 20.5. The van der Waals surface area contributed by atoms with E-state index in [0.29, 0.717) is 0 Å². The van der Waals surface area contributed by atoms with Gasteiger partial charge >= 0.3 is 22.4 Å². The molecule has 0 spiro atoms. The number of hydrogen-bond donors (Lipinski definition) is 0. The molecular weight excluding hydrogens is 432 g/mol. The summed E-state index contributed by atoms with van der Waals surface area (Å²) in [5.74, 6) is 0. The summed E-state index contributed by atoms with van der Waals surface area (Å²) >= 11 is 0. The summed E-state index contributed by atoms with van der Waals surface area (Å²) in [4.78, 5) is 0. The second-order valence-electron chi connectivity index (χ2n) is 5.37. The van der Waals surface area contributed by atoms with E-state index in [0.717, 1.165) is 9.52 Å². The third-order valence-electron chi connectivity index (χ3n) is 3.10. The third-order valence-corrected chi connectivity index (χ3v) is 3.10. The van der Waals surface area contributed by atoms with Crippen LogP contribution in [0, 0.1) is 0 Å². The molecule has 2 radical (unpaired) electrons. The van der Waals surface area contributed by atoms with Crippen molar-refractivity contribution in [3.05, 3.63) is 59.7 Å². The van der Waals surface area contributed by atoms with Crippen LogP contribution in [0.25, 0.3) is 0 Å². The molecule has 4 heteroatoms. The molecular formula is C20H33Cl2NbSi-2. The van der Waals surface area contributed by atoms with Gasteiger partial charge in [0.05, 0.1) is 0 Å². The van der Waals surface area contributed by atoms with Gasteiger partial charge in [0.2, 0.25) is 0 Å². The molecule has 0 N–H and O–H groups in total. The van der Waals surface area contributed by atoms with Gasteiger partial charge in [-0.25, -0.2) is 12.1 Å². The number of hydrogen-bond acceptors (Lipinski definition) is 0. The Hall–Kier alpha value is 0.237. The van der Waals surface area contributed by atoms with Crippen LogP contribution in [-0.2, 0) is 35.2 Å². The molecule has 0 saturated heterocycles. The van der Waals surface area contributed by atoms with E-state index in [1.54, 1.807) is 0 Å². The molecule has 2 aromatic rings. The summed E-state index contributed by atoms with van der Waals surface area (Å²) in [6, 6.07) is 17.2. The van der Waals surface area contributed by atoms with E-state index >= 15 is 0 Å². The van der Waals surface area contributed by atoms with E-state index in [2.05, 4.69) is 75.5 Å². The number of halogens is 2. The predicted octanol–water partition coefficient (Wildman–Crippen LogP) is 0.0208. The van der Waals surface area contributed by atoms with Crippen LogP contribution >= 0.6 is 0 Å². The molecule has 0 nitrogen and oxygen atoms in total. The van der Waals surface area contributed by atoms with Crippen LogP contribution in [0.1, 0.15) is 50.7 Å². The van der Waals surface area contributed by atoms with Crippen LogP contribution in [-0.4, -0.2) is 9.52 Å². The number of unbranched alkanes of at least 4 members (excludes halogenated alkanes) is 2. The Bertz CT molecular complexity index is 347. The van der Waals surface area contributed by atoms with E-state index < -0.39 is 0 Å². The number of aryl methyl sites for hydroxylation is 2. The smallest absolute Gasteiger partial charge is 1.00 e. The summed E-state index contributed by atoms with van der Waals surface area (Å²) in [6.45, 7) is 8.87. The number of rotatable bonds is 6. The van der Waals surface area contributed by atoms with E-state index in [9.17, 15) is 0 Å². The Morgan fingerprint density at radius 3 is 1.33 bits per heavy atom. The van der Waals surface area contributed by atoms with E-state index in [-0.39, 0.29) is 47.2 Å². The largest absolute Gasteiger partial charge is 2.00 e. The first-order valence-corrected chi connectivity index (χ1v) is 10.7. The minimum atomic E-state index is 0. The fourth-order valence-electron chi connectivity index (χ4n) is 1.92. The van der Waals surface area contributed by atoms with E-state index in [1.807, 2.05) is 0 Å². The van der Waals surface area contributed by atoms with Crippen LogP contribution in [0.15, 0.2) is 48.5 Å². The summed E-state index contributed by atoms with van der Waals surface area (Å²) in [7, 11) is 0.750. The van der Waals surface area contributed by atoms with Crippen molar-refractivity contribution >= 4 is 9.52 Å². The van der Waals surface area contributed by atoms with Gasteiger partial charge < -0.3 is 24.8 Å². The zero-order chi connectivity index (χ0) is 15.8. The molecule has 0 aromatic heterocycles. The van der Waals surface area contributed by atoms with Crippen molar-refractivity contribution < 1.29 is 47.2 Å². The van der Waals surface area contributed by atoms with Crippen LogP contribution in [0.3, 0.4) is 0 Å². The molecule has 2 rings (SSSR count). The van der Waals surface area contributed by atoms with Gasteiger partial charge in [0.25, 0.3) is 0 Å². The van der Waals surface area contributed by atoms with Gasteiger partial charge in [-0.3, -0.25) is 0 Å². The molecule has 0 aliphatic rings. The molecule has 0 fully saturated rings. The first-order valence-electron chi connectivity index (χ1n) is 8.43. The molecule has 24 heavy (non-hydrogen) atoms. The minimum Gasteiger partial charge on any atom is -1.00 e. The first kappa shape index (κ1) is 32.0. The normalized spacial score (nSPS) is 8.17. The quantitative estimate of drug-likeness (QED) is 0.417. The molecule has 2 aromatic carbocycles. The Morgan fingerprint density at radius 1 is 0.792 bits per heavy atom. The minimum absolute atomic E-state index is 0. The molecule has 0 saturated carbocycles. The average Bonchev–Trinajstić information content (AvgIpc) is 3.18. The fourth-order valence-corrected chi connectivity index (χ4v) is 1.92. The predicted molar refractivity (Wildman–Crippen MR) is 100 cm³/mol. The summed E-state index contributed by atoms with van der Waals surface area (Å²) in [6.07, 6.45) is 7.75. The first-order chi connectivity index (χ1) is 10.3. The average molecular weight is 465 g/mol. The van der Waals surface area contributed by atoms with Crippen molar-refractivity contribution in [3.63, 3.8) is 0 Å². The Kier molecular flexibility index (Phi) is 33.9. The van der Waals surface area contributed by atoms with Crippen molar-refractivity contribution in [2.24, 2.45) is 0 Å². The van der Waals surface area contributed by atoms with Gasteiger partial charge in [-0.05, 0) is 0 Å². The molecule has 0 atom stereocenters. The van der Waals surface area contributed by atoms with Crippen molar-refractivity contribution in [2.75, 3.05) is 0 Å². The maximum absolute atomic E-state index is 2.23. The van der Waals surface area contributed by atoms with Crippen molar-refractivity contribution in [1.29, 1.82) is 0 Å². The topological polar surface area (TPSA) is 0 Å². The van der Waals surface area contributed by atoms with Gasteiger partial charge in [0.1, 0.15) is 0 Å². The Morgan fingerprint density at radius 2 is 1.12 bits per heavy atom. The van der Waals surface area contributed by atoms with Crippen LogP contribution in [0.4, 0.5) is 0 Å². The molecule has 0 bridgehead atoms. The monoisotopic (exact) mass is 464 g/mol.